The lowest BCUT2D eigenvalue weighted by atomic mass is 9.83. The van der Waals surface area contributed by atoms with Crippen molar-refractivity contribution in [3.8, 4) is 0 Å². The van der Waals surface area contributed by atoms with Crippen LogP contribution in [0.25, 0.3) is 0 Å². The van der Waals surface area contributed by atoms with E-state index in [0.717, 1.165) is 11.3 Å². The van der Waals surface area contributed by atoms with E-state index in [1.165, 1.54) is 0 Å². The number of nitrogens with one attached hydrogen (secondary N) is 1. The molecule has 0 heterocycles. The molecule has 96 valence electrons. The third-order valence-corrected chi connectivity index (χ3v) is 2.86. The molecule has 0 fully saturated rings. The van der Waals surface area contributed by atoms with E-state index in [-0.39, 0.29) is 10.8 Å². The van der Waals surface area contributed by atoms with Crippen molar-refractivity contribution in [2.45, 2.75) is 26.2 Å². The van der Waals surface area contributed by atoms with Crippen LogP contribution >= 0.6 is 12.2 Å². The predicted molar refractivity (Wildman–Crippen MR) is 73.0 cm³/mol. The lowest BCUT2D eigenvalue weighted by molar-refractivity contribution is 0.151. The van der Waals surface area contributed by atoms with E-state index in [4.69, 9.17) is 22.7 Å². The first-order valence-corrected chi connectivity index (χ1v) is 6.16. The van der Waals surface area contributed by atoms with E-state index in [0.29, 0.717) is 30.8 Å². The van der Waals surface area contributed by atoms with Gasteiger partial charge in [0.25, 0.3) is 0 Å². The zero-order chi connectivity index (χ0) is 13.1. The number of anilines is 1. The van der Waals surface area contributed by atoms with Crippen LogP contribution in [0.4, 0.5) is 5.69 Å². The highest BCUT2D eigenvalue weighted by Gasteiger charge is 2.27. The van der Waals surface area contributed by atoms with Gasteiger partial charge in [-0.2, -0.15) is 0 Å². The Morgan fingerprint density at radius 3 is 2.53 bits per heavy atom. The van der Waals surface area contributed by atoms with Crippen molar-refractivity contribution in [1.82, 2.24) is 0 Å². The summed E-state index contributed by atoms with van der Waals surface area (Å²) in [6, 6.07) is 0. The zero-order valence-corrected chi connectivity index (χ0v) is 11.4. The summed E-state index contributed by atoms with van der Waals surface area (Å²) in [5.41, 5.74) is 6.74. The van der Waals surface area contributed by atoms with Crippen molar-refractivity contribution in [1.29, 1.82) is 0 Å². The maximum Gasteiger partial charge on any atom is 0.204 e. The van der Waals surface area contributed by atoms with Crippen molar-refractivity contribution in [2.24, 2.45) is 5.73 Å². The number of ether oxygens (including phenoxy) is 1. The topological polar surface area (TPSA) is 64.3 Å². The van der Waals surface area contributed by atoms with Gasteiger partial charge in [-0.15, -0.1) is 0 Å². The maximum absolute atomic E-state index is 11.7. The van der Waals surface area contributed by atoms with Crippen molar-refractivity contribution in [3.63, 3.8) is 0 Å². The highest BCUT2D eigenvalue weighted by molar-refractivity contribution is 7.71. The predicted octanol–water partition coefficient (Wildman–Crippen LogP) is 1.34. The van der Waals surface area contributed by atoms with Crippen LogP contribution in [-0.2, 0) is 10.2 Å². The van der Waals surface area contributed by atoms with Crippen molar-refractivity contribution in [2.75, 3.05) is 31.6 Å². The molecule has 0 atom stereocenters. The second-order valence-corrected chi connectivity index (χ2v) is 5.39. The number of hydrogen-bond donors (Lipinski definition) is 2. The van der Waals surface area contributed by atoms with Gasteiger partial charge in [0, 0.05) is 18.7 Å². The standard InChI is InChI=1S/C12H20N2O2S/c1-12(2,3)8-9(11(17)10(8)15)14-5-7-16-6-4-13/h14H,4-7,13H2,1-3H3. The van der Waals surface area contributed by atoms with E-state index < -0.39 is 0 Å². The van der Waals surface area contributed by atoms with E-state index in [2.05, 4.69) is 5.32 Å². The first kappa shape index (κ1) is 14.3. The minimum absolute atomic E-state index is 0.00197. The van der Waals surface area contributed by atoms with Crippen LogP contribution in [0.15, 0.2) is 4.79 Å². The third-order valence-electron chi connectivity index (χ3n) is 2.47. The van der Waals surface area contributed by atoms with Crippen LogP contribution < -0.4 is 16.5 Å². The minimum atomic E-state index is -0.167. The molecular formula is C12H20N2O2S. The molecule has 1 aromatic rings. The Bertz CT molecular complexity index is 442. The molecule has 5 heteroatoms. The van der Waals surface area contributed by atoms with Crippen LogP contribution in [0, 0.1) is 4.51 Å². The highest BCUT2D eigenvalue weighted by atomic mass is 32.1. The molecule has 0 saturated carbocycles. The van der Waals surface area contributed by atoms with Crippen LogP contribution in [0.3, 0.4) is 0 Å². The second-order valence-electron chi connectivity index (χ2n) is 4.99. The highest BCUT2D eigenvalue weighted by Crippen LogP contribution is 2.29. The number of hydrogen-bond acceptors (Lipinski definition) is 5. The Kier molecular flexibility index (Phi) is 4.80. The Balaban J connectivity index is 2.58. The molecule has 0 saturated heterocycles. The van der Waals surface area contributed by atoms with Crippen LogP contribution in [0.2, 0.25) is 0 Å². The van der Waals surface area contributed by atoms with Gasteiger partial charge in [-0.1, -0.05) is 33.0 Å². The molecule has 0 aliphatic carbocycles. The summed E-state index contributed by atoms with van der Waals surface area (Å²) >= 11 is 5.04. The number of nitrogens with two attached hydrogens (primary N) is 1. The molecule has 1 aromatic carbocycles. The molecule has 0 amide bonds. The van der Waals surface area contributed by atoms with Gasteiger partial charge in [0.15, 0.2) is 0 Å². The monoisotopic (exact) mass is 256 g/mol. The van der Waals surface area contributed by atoms with Gasteiger partial charge >= 0.3 is 0 Å². The fourth-order valence-electron chi connectivity index (χ4n) is 1.71. The summed E-state index contributed by atoms with van der Waals surface area (Å²) < 4.78 is 5.66. The lowest BCUT2D eigenvalue weighted by Gasteiger charge is -2.25. The van der Waals surface area contributed by atoms with Gasteiger partial charge in [-0.05, 0) is 5.41 Å². The van der Waals surface area contributed by atoms with Crippen molar-refractivity contribution in [3.05, 3.63) is 20.3 Å². The fraction of sp³-hybridized carbons (Fsp3) is 0.667. The largest absolute Gasteiger partial charge is 0.381 e. The normalized spacial score (nSPS) is 12.0. The Hall–Kier alpha value is -0.780. The second kappa shape index (κ2) is 5.71. The zero-order valence-electron chi connectivity index (χ0n) is 10.6. The average molecular weight is 256 g/mol. The van der Waals surface area contributed by atoms with Crippen LogP contribution in [0.5, 0.6) is 0 Å². The minimum Gasteiger partial charge on any atom is -0.381 e. The van der Waals surface area contributed by atoms with Gasteiger partial charge in [0.05, 0.1) is 18.9 Å². The Labute approximate surface area is 107 Å². The van der Waals surface area contributed by atoms with Crippen LogP contribution in [-0.4, -0.2) is 26.3 Å². The molecule has 0 aliphatic rings. The van der Waals surface area contributed by atoms with Crippen molar-refractivity contribution >= 4 is 17.9 Å². The first-order chi connectivity index (χ1) is 7.89. The molecule has 0 unspecified atom stereocenters. The van der Waals surface area contributed by atoms with E-state index in [1.54, 1.807) is 0 Å². The van der Waals surface area contributed by atoms with E-state index in [1.807, 2.05) is 20.8 Å². The lowest BCUT2D eigenvalue weighted by Crippen LogP contribution is -2.31. The molecule has 3 N–H and O–H groups in total. The summed E-state index contributed by atoms with van der Waals surface area (Å²) in [4.78, 5) is 11.7. The molecule has 0 spiro atoms. The molecule has 4 nitrogen and oxygen atoms in total. The third kappa shape index (κ3) is 3.34. The maximum atomic E-state index is 11.7. The van der Waals surface area contributed by atoms with E-state index in [9.17, 15) is 4.79 Å². The fourth-order valence-corrected chi connectivity index (χ4v) is 1.99. The summed E-state index contributed by atoms with van der Waals surface area (Å²) in [6.07, 6.45) is 0. The Morgan fingerprint density at radius 1 is 1.35 bits per heavy atom. The van der Waals surface area contributed by atoms with Gasteiger partial charge < -0.3 is 15.8 Å². The van der Waals surface area contributed by atoms with Gasteiger partial charge in [0.2, 0.25) is 5.43 Å². The van der Waals surface area contributed by atoms with Gasteiger partial charge in [0.1, 0.15) is 4.51 Å². The molecule has 0 bridgehead atoms. The number of rotatable bonds is 6. The van der Waals surface area contributed by atoms with Gasteiger partial charge in [-0.3, -0.25) is 4.79 Å². The molecule has 1 rings (SSSR count). The summed E-state index contributed by atoms with van der Waals surface area (Å²) in [7, 11) is 0. The first-order valence-electron chi connectivity index (χ1n) is 5.75. The molecule has 0 aromatic heterocycles. The van der Waals surface area contributed by atoms with Gasteiger partial charge in [-0.25, -0.2) is 0 Å². The SMILES string of the molecule is CC(C)(C)c1c(NCCOCCN)c(=S)c1=O. The average Bonchev–Trinajstić information content (AvgIpc) is 2.24. The smallest absolute Gasteiger partial charge is 0.204 e. The molecule has 0 radical (unpaired) electrons. The molecular weight excluding hydrogens is 236 g/mol. The summed E-state index contributed by atoms with van der Waals surface area (Å²) in [6.45, 7) is 8.30. The van der Waals surface area contributed by atoms with E-state index >= 15 is 0 Å². The molecule has 17 heavy (non-hydrogen) atoms. The van der Waals surface area contributed by atoms with Crippen molar-refractivity contribution < 1.29 is 4.74 Å². The Morgan fingerprint density at radius 2 is 2.00 bits per heavy atom. The summed E-state index contributed by atoms with van der Waals surface area (Å²) in [5, 5.41) is 3.17. The quantitative estimate of drug-likeness (QED) is 0.594. The summed E-state index contributed by atoms with van der Waals surface area (Å²) in [5.74, 6) is 0. The molecule has 0 aliphatic heterocycles. The van der Waals surface area contributed by atoms with Crippen LogP contribution in [0.1, 0.15) is 26.3 Å².